The lowest BCUT2D eigenvalue weighted by Crippen LogP contribution is -2.34. The predicted octanol–water partition coefficient (Wildman–Crippen LogP) is 3.67. The van der Waals surface area contributed by atoms with Gasteiger partial charge in [0.1, 0.15) is 12.4 Å². The summed E-state index contributed by atoms with van der Waals surface area (Å²) in [4.78, 5) is 36.2. The SMILES string of the molecule is C[C@@H](OC(=O)CNC(=O)c1cccc(F)c1)C(=O)c1ccc(C(C)(C)C)cc1. The zero-order valence-corrected chi connectivity index (χ0v) is 16.4. The maximum atomic E-state index is 13.1. The fraction of sp³-hybridized carbons (Fsp3) is 0.318. The first-order valence-corrected chi connectivity index (χ1v) is 8.96. The molecule has 0 aliphatic carbocycles. The Morgan fingerprint density at radius 3 is 2.25 bits per heavy atom. The van der Waals surface area contributed by atoms with Crippen LogP contribution in [0.25, 0.3) is 0 Å². The van der Waals surface area contributed by atoms with Crippen LogP contribution in [0.1, 0.15) is 54.0 Å². The number of hydrogen-bond donors (Lipinski definition) is 1. The predicted molar refractivity (Wildman–Crippen MR) is 104 cm³/mol. The molecule has 0 unspecified atom stereocenters. The van der Waals surface area contributed by atoms with Crippen molar-refractivity contribution in [3.05, 3.63) is 71.0 Å². The largest absolute Gasteiger partial charge is 0.453 e. The fourth-order valence-electron chi connectivity index (χ4n) is 2.55. The first kappa shape index (κ1) is 21.3. The monoisotopic (exact) mass is 385 g/mol. The summed E-state index contributed by atoms with van der Waals surface area (Å²) in [7, 11) is 0. The fourth-order valence-corrected chi connectivity index (χ4v) is 2.55. The highest BCUT2D eigenvalue weighted by Crippen LogP contribution is 2.22. The van der Waals surface area contributed by atoms with Crippen LogP contribution < -0.4 is 5.32 Å². The van der Waals surface area contributed by atoms with Crippen LogP contribution in [-0.4, -0.2) is 30.3 Å². The van der Waals surface area contributed by atoms with Crippen LogP contribution in [0.5, 0.6) is 0 Å². The summed E-state index contributed by atoms with van der Waals surface area (Å²) in [5.74, 6) is -2.23. The number of esters is 1. The van der Waals surface area contributed by atoms with E-state index in [1.165, 1.54) is 25.1 Å². The topological polar surface area (TPSA) is 72.5 Å². The zero-order valence-electron chi connectivity index (χ0n) is 16.4. The highest BCUT2D eigenvalue weighted by molar-refractivity contribution is 6.00. The van der Waals surface area contributed by atoms with Crippen molar-refractivity contribution in [3.8, 4) is 0 Å². The minimum atomic E-state index is -0.987. The molecular formula is C22H24FNO4. The molecule has 0 aliphatic heterocycles. The highest BCUT2D eigenvalue weighted by atomic mass is 19.1. The van der Waals surface area contributed by atoms with Gasteiger partial charge in [0.15, 0.2) is 6.10 Å². The van der Waals surface area contributed by atoms with Gasteiger partial charge in [-0.3, -0.25) is 14.4 Å². The number of amides is 1. The molecule has 0 heterocycles. The molecule has 0 aliphatic rings. The zero-order chi connectivity index (χ0) is 20.9. The molecule has 0 saturated heterocycles. The van der Waals surface area contributed by atoms with E-state index in [1.54, 1.807) is 12.1 Å². The van der Waals surface area contributed by atoms with Crippen LogP contribution in [0.3, 0.4) is 0 Å². The van der Waals surface area contributed by atoms with Crippen LogP contribution in [0, 0.1) is 5.82 Å². The molecular weight excluding hydrogens is 361 g/mol. The number of carbonyl (C=O) groups is 3. The molecule has 148 valence electrons. The Kier molecular flexibility index (Phi) is 6.67. The van der Waals surface area contributed by atoms with E-state index >= 15 is 0 Å². The van der Waals surface area contributed by atoms with Gasteiger partial charge in [-0.1, -0.05) is 51.1 Å². The minimum absolute atomic E-state index is 0.0282. The minimum Gasteiger partial charge on any atom is -0.453 e. The molecule has 2 aromatic rings. The van der Waals surface area contributed by atoms with E-state index in [4.69, 9.17) is 4.74 Å². The van der Waals surface area contributed by atoms with E-state index < -0.39 is 30.3 Å². The van der Waals surface area contributed by atoms with Crippen LogP contribution in [0.15, 0.2) is 48.5 Å². The van der Waals surface area contributed by atoms with Gasteiger partial charge in [0.05, 0.1) is 0 Å². The Balaban J connectivity index is 1.89. The molecule has 1 N–H and O–H groups in total. The second kappa shape index (κ2) is 8.78. The number of hydrogen-bond acceptors (Lipinski definition) is 4. The molecule has 6 heteroatoms. The maximum Gasteiger partial charge on any atom is 0.326 e. The lowest BCUT2D eigenvalue weighted by molar-refractivity contribution is -0.145. The average molecular weight is 385 g/mol. The van der Waals surface area contributed by atoms with Gasteiger partial charge in [-0.15, -0.1) is 0 Å². The van der Waals surface area contributed by atoms with Crippen molar-refractivity contribution < 1.29 is 23.5 Å². The number of benzene rings is 2. The van der Waals surface area contributed by atoms with Crippen LogP contribution in [0.2, 0.25) is 0 Å². The second-order valence-corrected chi connectivity index (χ2v) is 7.52. The molecule has 1 amide bonds. The lowest BCUT2D eigenvalue weighted by Gasteiger charge is -2.19. The molecule has 2 rings (SSSR count). The number of carbonyl (C=O) groups excluding carboxylic acids is 3. The Morgan fingerprint density at radius 2 is 1.68 bits per heavy atom. The van der Waals surface area contributed by atoms with Gasteiger partial charge < -0.3 is 10.1 Å². The third kappa shape index (κ3) is 5.74. The van der Waals surface area contributed by atoms with Gasteiger partial charge in [-0.05, 0) is 36.1 Å². The van der Waals surface area contributed by atoms with Crippen molar-refractivity contribution in [2.45, 2.75) is 39.2 Å². The highest BCUT2D eigenvalue weighted by Gasteiger charge is 2.21. The number of ether oxygens (including phenoxy) is 1. The summed E-state index contributed by atoms with van der Waals surface area (Å²) in [6.07, 6.45) is -0.987. The van der Waals surface area contributed by atoms with Crippen molar-refractivity contribution >= 4 is 17.7 Å². The first-order chi connectivity index (χ1) is 13.1. The van der Waals surface area contributed by atoms with Crippen molar-refractivity contribution in [1.29, 1.82) is 0 Å². The summed E-state index contributed by atoms with van der Waals surface area (Å²) in [6, 6.07) is 12.3. The maximum absolute atomic E-state index is 13.1. The van der Waals surface area contributed by atoms with E-state index in [0.717, 1.165) is 11.6 Å². The third-order valence-corrected chi connectivity index (χ3v) is 4.19. The average Bonchev–Trinajstić information content (AvgIpc) is 2.64. The molecule has 1 atom stereocenters. The molecule has 0 radical (unpaired) electrons. The van der Waals surface area contributed by atoms with Gasteiger partial charge in [0, 0.05) is 11.1 Å². The Hall–Kier alpha value is -3.02. The van der Waals surface area contributed by atoms with Crippen LogP contribution >= 0.6 is 0 Å². The van der Waals surface area contributed by atoms with Gasteiger partial charge in [0.25, 0.3) is 5.91 Å². The van der Waals surface area contributed by atoms with E-state index in [-0.39, 0.29) is 16.8 Å². The summed E-state index contributed by atoms with van der Waals surface area (Å²) in [6.45, 7) is 7.29. The Bertz CT molecular complexity index is 869. The van der Waals surface area contributed by atoms with Gasteiger partial charge in [0.2, 0.25) is 5.78 Å². The molecule has 0 spiro atoms. The molecule has 0 saturated carbocycles. The van der Waals surface area contributed by atoms with E-state index in [1.807, 2.05) is 12.1 Å². The van der Waals surface area contributed by atoms with Crippen molar-refractivity contribution in [2.24, 2.45) is 0 Å². The molecule has 28 heavy (non-hydrogen) atoms. The molecule has 0 aromatic heterocycles. The number of ketones is 1. The van der Waals surface area contributed by atoms with E-state index in [9.17, 15) is 18.8 Å². The first-order valence-electron chi connectivity index (χ1n) is 8.96. The number of Topliss-reactive ketones (excluding diaryl/α,β-unsaturated/α-hetero) is 1. The number of rotatable bonds is 6. The quantitative estimate of drug-likeness (QED) is 0.608. The van der Waals surface area contributed by atoms with Gasteiger partial charge >= 0.3 is 5.97 Å². The third-order valence-electron chi connectivity index (χ3n) is 4.19. The number of halogens is 1. The summed E-state index contributed by atoms with van der Waals surface area (Å²) >= 11 is 0. The van der Waals surface area contributed by atoms with Crippen molar-refractivity contribution in [3.63, 3.8) is 0 Å². The smallest absolute Gasteiger partial charge is 0.326 e. The van der Waals surface area contributed by atoms with Crippen LogP contribution in [-0.2, 0) is 14.9 Å². The normalized spacial score (nSPS) is 12.2. The Morgan fingerprint density at radius 1 is 1.04 bits per heavy atom. The van der Waals surface area contributed by atoms with Crippen LogP contribution in [0.4, 0.5) is 4.39 Å². The summed E-state index contributed by atoms with van der Waals surface area (Å²) in [5, 5.41) is 2.34. The molecule has 5 nitrogen and oxygen atoms in total. The second-order valence-electron chi connectivity index (χ2n) is 7.52. The molecule has 0 fully saturated rings. The van der Waals surface area contributed by atoms with Gasteiger partial charge in [-0.25, -0.2) is 4.39 Å². The van der Waals surface area contributed by atoms with E-state index in [2.05, 4.69) is 26.1 Å². The van der Waals surface area contributed by atoms with Crippen molar-refractivity contribution in [1.82, 2.24) is 5.32 Å². The van der Waals surface area contributed by atoms with Crippen molar-refractivity contribution in [2.75, 3.05) is 6.54 Å². The summed E-state index contributed by atoms with van der Waals surface area (Å²) in [5.41, 5.74) is 1.60. The van der Waals surface area contributed by atoms with E-state index in [0.29, 0.717) is 5.56 Å². The van der Waals surface area contributed by atoms with Gasteiger partial charge in [-0.2, -0.15) is 0 Å². The summed E-state index contributed by atoms with van der Waals surface area (Å²) < 4.78 is 18.2. The lowest BCUT2D eigenvalue weighted by atomic mass is 9.86. The molecule has 0 bridgehead atoms. The molecule has 2 aromatic carbocycles. The number of nitrogens with one attached hydrogen (secondary N) is 1. The Labute approximate surface area is 163 Å². The standard InChI is InChI=1S/C22H24FNO4/c1-14(20(26)15-8-10-17(11-9-15)22(2,3)4)28-19(25)13-24-21(27)16-6-5-7-18(23)12-16/h5-12,14H,13H2,1-4H3,(H,24,27)/t14-/m1/s1.